The molecule has 0 bridgehead atoms. The number of carbonyl (C=O) groups excluding carboxylic acids is 1. The van der Waals surface area contributed by atoms with Crippen molar-refractivity contribution in [3.63, 3.8) is 0 Å². The highest BCUT2D eigenvalue weighted by Gasteiger charge is 2.17. The Labute approximate surface area is 126 Å². The third-order valence-electron chi connectivity index (χ3n) is 2.92. The van der Waals surface area contributed by atoms with Crippen molar-refractivity contribution >= 4 is 17.4 Å². The molecule has 20 heavy (non-hydrogen) atoms. The summed E-state index contributed by atoms with van der Waals surface area (Å²) in [6.45, 7) is 6.67. The average molecular weight is 299 g/mol. The van der Waals surface area contributed by atoms with Gasteiger partial charge in [-0.1, -0.05) is 13.3 Å². The first-order valence-electron chi connectivity index (χ1n) is 7.14. The second kappa shape index (κ2) is 8.85. The smallest absolute Gasteiger partial charge is 0.163 e. The lowest BCUT2D eigenvalue weighted by Gasteiger charge is -2.18. The van der Waals surface area contributed by atoms with Crippen molar-refractivity contribution in [3.8, 4) is 11.5 Å². The van der Waals surface area contributed by atoms with E-state index in [-0.39, 0.29) is 5.78 Å². The number of benzene rings is 1. The maximum absolute atomic E-state index is 11.7. The predicted molar refractivity (Wildman–Crippen MR) is 82.4 cm³/mol. The summed E-state index contributed by atoms with van der Waals surface area (Å²) in [6.07, 6.45) is 2.59. The lowest BCUT2D eigenvalue weighted by atomic mass is 10.0. The zero-order valence-corrected chi connectivity index (χ0v) is 13.3. The lowest BCUT2D eigenvalue weighted by Crippen LogP contribution is -2.08. The molecule has 0 fully saturated rings. The Morgan fingerprint density at radius 3 is 2.55 bits per heavy atom. The van der Waals surface area contributed by atoms with Crippen LogP contribution in [-0.2, 0) is 6.42 Å². The summed E-state index contributed by atoms with van der Waals surface area (Å²) in [7, 11) is 0. The zero-order valence-electron chi connectivity index (χ0n) is 12.5. The van der Waals surface area contributed by atoms with E-state index in [1.54, 1.807) is 13.0 Å². The molecule has 3 nitrogen and oxygen atoms in total. The topological polar surface area (TPSA) is 35.5 Å². The van der Waals surface area contributed by atoms with Crippen LogP contribution in [0.25, 0.3) is 0 Å². The van der Waals surface area contributed by atoms with Gasteiger partial charge in [0.1, 0.15) is 11.5 Å². The Balaban J connectivity index is 3.16. The van der Waals surface area contributed by atoms with E-state index in [4.69, 9.17) is 21.1 Å². The molecule has 1 aromatic carbocycles. The highest BCUT2D eigenvalue weighted by Crippen LogP contribution is 2.34. The van der Waals surface area contributed by atoms with Gasteiger partial charge in [0.05, 0.1) is 18.8 Å². The Morgan fingerprint density at radius 1 is 1.25 bits per heavy atom. The van der Waals surface area contributed by atoms with Crippen LogP contribution in [0.5, 0.6) is 11.5 Å². The van der Waals surface area contributed by atoms with Crippen LogP contribution in [0.15, 0.2) is 12.1 Å². The van der Waals surface area contributed by atoms with Gasteiger partial charge >= 0.3 is 0 Å². The van der Waals surface area contributed by atoms with Gasteiger partial charge in [0.2, 0.25) is 0 Å². The van der Waals surface area contributed by atoms with E-state index in [1.807, 2.05) is 13.0 Å². The van der Waals surface area contributed by atoms with Gasteiger partial charge < -0.3 is 9.47 Å². The van der Waals surface area contributed by atoms with Crippen LogP contribution < -0.4 is 9.47 Å². The first-order valence-corrected chi connectivity index (χ1v) is 7.67. The van der Waals surface area contributed by atoms with Crippen LogP contribution in [0.4, 0.5) is 0 Å². The Hall–Kier alpha value is -1.22. The number of ether oxygens (including phenoxy) is 2. The quantitative estimate of drug-likeness (QED) is 0.388. The number of halogens is 1. The van der Waals surface area contributed by atoms with Crippen molar-refractivity contribution < 1.29 is 14.3 Å². The van der Waals surface area contributed by atoms with Gasteiger partial charge in [0, 0.05) is 11.4 Å². The standard InChI is InChI=1S/C16H23ClO3/c1-4-7-14-15(20-11-6-10-17)9-8-13(12(3)18)16(14)19-5-2/h8-9H,4-7,10-11H2,1-3H3. The van der Waals surface area contributed by atoms with Gasteiger partial charge in [0.25, 0.3) is 0 Å². The minimum Gasteiger partial charge on any atom is -0.493 e. The molecule has 0 aliphatic heterocycles. The van der Waals surface area contributed by atoms with Gasteiger partial charge in [-0.2, -0.15) is 0 Å². The maximum atomic E-state index is 11.7. The highest BCUT2D eigenvalue weighted by atomic mass is 35.5. The Kier molecular flexibility index (Phi) is 7.45. The molecule has 0 saturated heterocycles. The van der Waals surface area contributed by atoms with Crippen molar-refractivity contribution in [1.82, 2.24) is 0 Å². The van der Waals surface area contributed by atoms with Gasteiger partial charge in [-0.05, 0) is 38.8 Å². The summed E-state index contributed by atoms with van der Waals surface area (Å²) < 4.78 is 11.5. The predicted octanol–water partition coefficient (Wildman–Crippen LogP) is 4.25. The van der Waals surface area contributed by atoms with Crippen LogP contribution in [-0.4, -0.2) is 24.9 Å². The van der Waals surface area contributed by atoms with Crippen LogP contribution in [0.3, 0.4) is 0 Å². The van der Waals surface area contributed by atoms with Crippen LogP contribution in [0.2, 0.25) is 0 Å². The molecular weight excluding hydrogens is 276 g/mol. The van der Waals surface area contributed by atoms with Gasteiger partial charge in [-0.15, -0.1) is 11.6 Å². The van der Waals surface area contributed by atoms with Crippen molar-refractivity contribution in [3.05, 3.63) is 23.3 Å². The van der Waals surface area contributed by atoms with Gasteiger partial charge in [0.15, 0.2) is 5.78 Å². The van der Waals surface area contributed by atoms with Gasteiger partial charge in [-0.25, -0.2) is 0 Å². The fraction of sp³-hybridized carbons (Fsp3) is 0.562. The van der Waals surface area contributed by atoms with Crippen molar-refractivity contribution in [2.24, 2.45) is 0 Å². The molecule has 0 N–H and O–H groups in total. The third-order valence-corrected chi connectivity index (χ3v) is 3.19. The summed E-state index contributed by atoms with van der Waals surface area (Å²) >= 11 is 5.67. The van der Waals surface area contributed by atoms with E-state index in [9.17, 15) is 4.79 Å². The van der Waals surface area contributed by atoms with Crippen molar-refractivity contribution in [2.45, 2.75) is 40.0 Å². The second-order valence-corrected chi connectivity index (χ2v) is 4.93. The SMILES string of the molecule is CCCc1c(OCCCCl)ccc(C(C)=O)c1OCC. The fourth-order valence-electron chi connectivity index (χ4n) is 2.05. The first-order chi connectivity index (χ1) is 9.65. The second-order valence-electron chi connectivity index (χ2n) is 4.55. The number of Topliss-reactive ketones (excluding diaryl/α,β-unsaturated/α-hetero) is 1. The summed E-state index contributed by atoms with van der Waals surface area (Å²) in [5.74, 6) is 2.06. The molecule has 0 unspecified atom stereocenters. The molecule has 0 aliphatic carbocycles. The third kappa shape index (κ3) is 4.41. The molecule has 0 atom stereocenters. The fourth-order valence-corrected chi connectivity index (χ4v) is 2.16. The van der Waals surface area contributed by atoms with Crippen LogP contribution in [0.1, 0.15) is 49.5 Å². The van der Waals surface area contributed by atoms with E-state index in [0.29, 0.717) is 30.4 Å². The molecule has 0 heterocycles. The minimum absolute atomic E-state index is 0.0121. The van der Waals surface area contributed by atoms with E-state index >= 15 is 0 Å². The maximum Gasteiger partial charge on any atom is 0.163 e. The summed E-state index contributed by atoms with van der Waals surface area (Å²) in [5, 5.41) is 0. The summed E-state index contributed by atoms with van der Waals surface area (Å²) in [6, 6.07) is 3.64. The van der Waals surface area contributed by atoms with Crippen LogP contribution in [0, 0.1) is 0 Å². The number of ketones is 1. The summed E-state index contributed by atoms with van der Waals surface area (Å²) in [4.78, 5) is 11.7. The van der Waals surface area contributed by atoms with Gasteiger partial charge in [-0.3, -0.25) is 4.79 Å². The molecule has 1 aromatic rings. The van der Waals surface area contributed by atoms with E-state index < -0.39 is 0 Å². The molecule has 0 saturated carbocycles. The van der Waals surface area contributed by atoms with E-state index in [2.05, 4.69) is 6.92 Å². The van der Waals surface area contributed by atoms with Crippen molar-refractivity contribution in [2.75, 3.05) is 19.1 Å². The number of rotatable bonds is 9. The number of hydrogen-bond acceptors (Lipinski definition) is 3. The Bertz CT molecular complexity index is 444. The van der Waals surface area contributed by atoms with Crippen molar-refractivity contribution in [1.29, 1.82) is 0 Å². The molecule has 0 amide bonds. The molecule has 0 radical (unpaired) electrons. The number of carbonyl (C=O) groups is 1. The molecule has 4 heteroatoms. The summed E-state index contributed by atoms with van der Waals surface area (Å²) in [5.41, 5.74) is 1.61. The normalized spacial score (nSPS) is 10.4. The number of alkyl halides is 1. The minimum atomic E-state index is 0.0121. The number of hydrogen-bond donors (Lipinski definition) is 0. The Morgan fingerprint density at radius 2 is 2.00 bits per heavy atom. The zero-order chi connectivity index (χ0) is 15.0. The highest BCUT2D eigenvalue weighted by molar-refractivity contribution is 6.17. The average Bonchev–Trinajstić information content (AvgIpc) is 2.42. The molecule has 0 spiro atoms. The molecular formula is C16H23ClO3. The molecule has 1 rings (SSSR count). The van der Waals surface area contributed by atoms with E-state index in [0.717, 1.165) is 30.6 Å². The molecule has 0 aromatic heterocycles. The van der Waals surface area contributed by atoms with E-state index in [1.165, 1.54) is 0 Å². The van der Waals surface area contributed by atoms with Crippen LogP contribution >= 0.6 is 11.6 Å². The largest absolute Gasteiger partial charge is 0.493 e. The first kappa shape index (κ1) is 16.8. The monoisotopic (exact) mass is 298 g/mol. The lowest BCUT2D eigenvalue weighted by molar-refractivity contribution is 0.101. The molecule has 0 aliphatic rings. The molecule has 112 valence electrons.